The van der Waals surface area contributed by atoms with Crippen molar-refractivity contribution in [3.8, 4) is 0 Å². The zero-order valence-corrected chi connectivity index (χ0v) is 13.7. The molecule has 132 valence electrons. The SMILES string of the molecule is CC(O)(CNC(=O)C1CCCCN1Cc1ccc(F)cc1)C(=O)O. The molecule has 1 saturated heterocycles. The van der Waals surface area contributed by atoms with Crippen molar-refractivity contribution in [1.82, 2.24) is 10.2 Å². The maximum absolute atomic E-state index is 13.0. The van der Waals surface area contributed by atoms with Crippen molar-refractivity contribution in [3.63, 3.8) is 0 Å². The summed E-state index contributed by atoms with van der Waals surface area (Å²) in [6, 6.07) is 5.77. The molecule has 1 heterocycles. The number of carbonyl (C=O) groups excluding carboxylic acids is 1. The number of halogens is 1. The van der Waals surface area contributed by atoms with Gasteiger partial charge in [-0.3, -0.25) is 9.69 Å². The molecule has 7 heteroatoms. The molecule has 2 rings (SSSR count). The second kappa shape index (κ2) is 7.72. The Morgan fingerprint density at radius 3 is 2.62 bits per heavy atom. The Balaban J connectivity index is 1.99. The van der Waals surface area contributed by atoms with E-state index in [1.165, 1.54) is 12.1 Å². The molecule has 2 unspecified atom stereocenters. The summed E-state index contributed by atoms with van der Waals surface area (Å²) in [6.45, 7) is 2.06. The number of benzene rings is 1. The molecule has 3 N–H and O–H groups in total. The number of likely N-dealkylation sites (tertiary alicyclic amines) is 1. The third kappa shape index (κ3) is 4.75. The summed E-state index contributed by atoms with van der Waals surface area (Å²) in [5, 5.41) is 21.1. The van der Waals surface area contributed by atoms with Gasteiger partial charge < -0.3 is 15.5 Å². The van der Waals surface area contributed by atoms with Crippen molar-refractivity contribution in [3.05, 3.63) is 35.6 Å². The first-order valence-corrected chi connectivity index (χ1v) is 8.01. The van der Waals surface area contributed by atoms with Crippen LogP contribution in [0, 0.1) is 5.82 Å². The van der Waals surface area contributed by atoms with Crippen LogP contribution in [0.2, 0.25) is 0 Å². The Bertz CT molecular complexity index is 589. The molecule has 1 aromatic rings. The molecule has 1 amide bonds. The monoisotopic (exact) mass is 338 g/mol. The lowest BCUT2D eigenvalue weighted by atomic mass is 9.99. The van der Waals surface area contributed by atoms with Crippen LogP contribution in [0.25, 0.3) is 0 Å². The Hall–Kier alpha value is -1.99. The van der Waals surface area contributed by atoms with E-state index >= 15 is 0 Å². The fraction of sp³-hybridized carbons (Fsp3) is 0.529. The molecule has 24 heavy (non-hydrogen) atoms. The number of piperidine rings is 1. The van der Waals surface area contributed by atoms with E-state index in [0.29, 0.717) is 13.0 Å². The smallest absolute Gasteiger partial charge is 0.337 e. The summed E-state index contributed by atoms with van der Waals surface area (Å²) in [6.07, 6.45) is 2.55. The minimum Gasteiger partial charge on any atom is -0.479 e. The quantitative estimate of drug-likeness (QED) is 0.723. The van der Waals surface area contributed by atoms with Crippen molar-refractivity contribution in [1.29, 1.82) is 0 Å². The number of aliphatic hydroxyl groups is 1. The van der Waals surface area contributed by atoms with E-state index in [9.17, 15) is 19.1 Å². The predicted octanol–water partition coefficient (Wildman–Crippen LogP) is 1.13. The van der Waals surface area contributed by atoms with Gasteiger partial charge in [-0.2, -0.15) is 0 Å². The third-order valence-corrected chi connectivity index (χ3v) is 4.28. The van der Waals surface area contributed by atoms with Gasteiger partial charge in [-0.1, -0.05) is 18.6 Å². The number of nitrogens with one attached hydrogen (secondary N) is 1. The van der Waals surface area contributed by atoms with E-state index in [1.54, 1.807) is 12.1 Å². The fourth-order valence-electron chi connectivity index (χ4n) is 2.75. The van der Waals surface area contributed by atoms with E-state index < -0.39 is 11.6 Å². The Morgan fingerprint density at radius 1 is 1.33 bits per heavy atom. The van der Waals surface area contributed by atoms with Crippen molar-refractivity contribution in [2.24, 2.45) is 0 Å². The van der Waals surface area contributed by atoms with E-state index in [-0.39, 0.29) is 24.3 Å². The number of amides is 1. The lowest BCUT2D eigenvalue weighted by Gasteiger charge is -2.35. The van der Waals surface area contributed by atoms with Gasteiger partial charge in [-0.05, 0) is 44.0 Å². The number of hydrogen-bond donors (Lipinski definition) is 3. The lowest BCUT2D eigenvalue weighted by molar-refractivity contribution is -0.156. The first-order valence-electron chi connectivity index (χ1n) is 8.01. The zero-order chi connectivity index (χ0) is 17.7. The van der Waals surface area contributed by atoms with Crippen LogP contribution in [-0.4, -0.2) is 51.7 Å². The van der Waals surface area contributed by atoms with Crippen LogP contribution in [0.5, 0.6) is 0 Å². The molecule has 0 aliphatic carbocycles. The zero-order valence-electron chi connectivity index (χ0n) is 13.7. The Kier molecular flexibility index (Phi) is 5.90. The van der Waals surface area contributed by atoms with Crippen LogP contribution in [0.3, 0.4) is 0 Å². The largest absolute Gasteiger partial charge is 0.479 e. The normalized spacial score (nSPS) is 21.0. The summed E-state index contributed by atoms with van der Waals surface area (Å²) < 4.78 is 13.0. The van der Waals surface area contributed by atoms with Gasteiger partial charge in [0.1, 0.15) is 5.82 Å². The van der Waals surface area contributed by atoms with Crippen LogP contribution in [0.4, 0.5) is 4.39 Å². The van der Waals surface area contributed by atoms with Gasteiger partial charge in [-0.15, -0.1) is 0 Å². The maximum Gasteiger partial charge on any atom is 0.337 e. The van der Waals surface area contributed by atoms with Gasteiger partial charge in [0, 0.05) is 6.54 Å². The van der Waals surface area contributed by atoms with Gasteiger partial charge in [0.05, 0.1) is 12.6 Å². The number of carboxylic acid groups (broad SMARTS) is 1. The molecular weight excluding hydrogens is 315 g/mol. The number of rotatable bonds is 6. The summed E-state index contributed by atoms with van der Waals surface area (Å²) >= 11 is 0. The molecule has 1 aromatic carbocycles. The number of nitrogens with zero attached hydrogens (tertiary/aromatic N) is 1. The topological polar surface area (TPSA) is 89.9 Å². The average molecular weight is 338 g/mol. The van der Waals surface area contributed by atoms with Crippen LogP contribution < -0.4 is 5.32 Å². The molecule has 0 bridgehead atoms. The fourth-order valence-corrected chi connectivity index (χ4v) is 2.75. The third-order valence-electron chi connectivity index (χ3n) is 4.28. The molecule has 1 fully saturated rings. The Labute approximate surface area is 140 Å². The van der Waals surface area contributed by atoms with E-state index in [0.717, 1.165) is 31.9 Å². The number of hydrogen-bond acceptors (Lipinski definition) is 4. The van der Waals surface area contributed by atoms with Crippen LogP contribution >= 0.6 is 0 Å². The second-order valence-corrected chi connectivity index (χ2v) is 6.41. The molecule has 0 spiro atoms. The number of carboxylic acids is 1. The van der Waals surface area contributed by atoms with Gasteiger partial charge in [0.2, 0.25) is 5.91 Å². The van der Waals surface area contributed by atoms with Gasteiger partial charge in [-0.25, -0.2) is 9.18 Å². The highest BCUT2D eigenvalue weighted by molar-refractivity contribution is 5.83. The standard InChI is InChI=1S/C17H23FN2O4/c1-17(24,16(22)23)11-19-15(21)14-4-2-3-9-20(14)10-12-5-7-13(18)8-6-12/h5-8,14,24H,2-4,9-11H2,1H3,(H,19,21)(H,22,23). The number of aliphatic carboxylic acids is 1. The molecule has 0 saturated carbocycles. The minimum atomic E-state index is -1.99. The lowest BCUT2D eigenvalue weighted by Crippen LogP contribution is -2.53. The molecule has 1 aliphatic heterocycles. The van der Waals surface area contributed by atoms with Crippen LogP contribution in [0.15, 0.2) is 24.3 Å². The highest BCUT2D eigenvalue weighted by atomic mass is 19.1. The highest BCUT2D eigenvalue weighted by Gasteiger charge is 2.33. The van der Waals surface area contributed by atoms with Crippen molar-refractivity contribution in [2.75, 3.05) is 13.1 Å². The van der Waals surface area contributed by atoms with Crippen molar-refractivity contribution >= 4 is 11.9 Å². The predicted molar refractivity (Wildman–Crippen MR) is 85.7 cm³/mol. The molecular formula is C17H23FN2O4. The summed E-state index contributed by atoms with van der Waals surface area (Å²) in [7, 11) is 0. The second-order valence-electron chi connectivity index (χ2n) is 6.41. The Morgan fingerprint density at radius 2 is 2.00 bits per heavy atom. The van der Waals surface area contributed by atoms with E-state index in [2.05, 4.69) is 5.32 Å². The average Bonchev–Trinajstić information content (AvgIpc) is 2.55. The first kappa shape index (κ1) is 18.4. The maximum atomic E-state index is 13.0. The molecule has 1 aliphatic rings. The first-order chi connectivity index (χ1) is 11.3. The summed E-state index contributed by atoms with van der Waals surface area (Å²) in [5.74, 6) is -1.98. The molecule has 2 atom stereocenters. The minimum absolute atomic E-state index is 0.293. The van der Waals surface area contributed by atoms with E-state index in [4.69, 9.17) is 5.11 Å². The highest BCUT2D eigenvalue weighted by Crippen LogP contribution is 2.20. The van der Waals surface area contributed by atoms with Crippen LogP contribution in [0.1, 0.15) is 31.7 Å². The van der Waals surface area contributed by atoms with Crippen molar-refractivity contribution in [2.45, 2.75) is 44.4 Å². The number of carbonyl (C=O) groups is 2. The van der Waals surface area contributed by atoms with Gasteiger partial charge >= 0.3 is 5.97 Å². The van der Waals surface area contributed by atoms with Crippen LogP contribution in [-0.2, 0) is 16.1 Å². The summed E-state index contributed by atoms with van der Waals surface area (Å²) in [5.41, 5.74) is -1.08. The summed E-state index contributed by atoms with van der Waals surface area (Å²) in [4.78, 5) is 25.3. The van der Waals surface area contributed by atoms with Gasteiger partial charge in [0.15, 0.2) is 5.60 Å². The van der Waals surface area contributed by atoms with Crippen molar-refractivity contribution < 1.29 is 24.2 Å². The molecule has 6 nitrogen and oxygen atoms in total. The molecule has 0 aromatic heterocycles. The van der Waals surface area contributed by atoms with E-state index in [1.807, 2.05) is 4.90 Å². The van der Waals surface area contributed by atoms with Gasteiger partial charge in [0.25, 0.3) is 0 Å². The molecule has 0 radical (unpaired) electrons.